The van der Waals surface area contributed by atoms with E-state index in [1.165, 1.54) is 0 Å². The zero-order valence-electron chi connectivity index (χ0n) is 16.1. The lowest BCUT2D eigenvalue weighted by Gasteiger charge is -2.19. The highest BCUT2D eigenvalue weighted by Gasteiger charge is 2.19. The summed E-state index contributed by atoms with van der Waals surface area (Å²) in [6.07, 6.45) is 0. The molecular weight excluding hydrogens is 388 g/mol. The van der Waals surface area contributed by atoms with Gasteiger partial charge in [0, 0.05) is 33.7 Å². The van der Waals surface area contributed by atoms with Crippen molar-refractivity contribution in [3.63, 3.8) is 0 Å². The molecule has 2 aromatic heterocycles. The highest BCUT2D eigenvalue weighted by atomic mass is 35.5. The van der Waals surface area contributed by atoms with Crippen LogP contribution in [0.4, 0.5) is 11.5 Å². The van der Waals surface area contributed by atoms with E-state index in [0.717, 1.165) is 45.6 Å². The topological polar surface area (TPSA) is 60.7 Å². The molecule has 1 aliphatic rings. The Hall–Kier alpha value is -3.25. The molecule has 0 saturated carbocycles. The number of aromatic nitrogens is 3. The van der Waals surface area contributed by atoms with Crippen LogP contribution >= 0.6 is 11.6 Å². The van der Waals surface area contributed by atoms with Crippen LogP contribution in [0.25, 0.3) is 17.0 Å². The van der Waals surface area contributed by atoms with Crippen molar-refractivity contribution < 1.29 is 9.47 Å². The summed E-state index contributed by atoms with van der Waals surface area (Å²) < 4.78 is 13.4. The van der Waals surface area contributed by atoms with Crippen LogP contribution < -0.4 is 14.8 Å². The SMILES string of the molecule is Cc1cc(C)n2c(Nc3ccc4c(c3)OCCO4)c(-c3ccc(Cl)cc3)nc2n1. The summed E-state index contributed by atoms with van der Waals surface area (Å²) in [4.78, 5) is 9.42. The van der Waals surface area contributed by atoms with Gasteiger partial charge < -0.3 is 14.8 Å². The van der Waals surface area contributed by atoms with E-state index in [1.54, 1.807) is 0 Å². The van der Waals surface area contributed by atoms with Gasteiger partial charge in [0.1, 0.15) is 24.7 Å². The number of aryl methyl sites for hydroxylation is 2. The van der Waals surface area contributed by atoms with Crippen molar-refractivity contribution in [3.05, 3.63) is 64.9 Å². The second kappa shape index (κ2) is 6.97. The average Bonchev–Trinajstić information content (AvgIpc) is 3.06. The number of anilines is 2. The van der Waals surface area contributed by atoms with Gasteiger partial charge in [0.15, 0.2) is 11.5 Å². The lowest BCUT2D eigenvalue weighted by atomic mass is 10.1. The normalized spacial score (nSPS) is 12.9. The molecule has 7 heteroatoms. The van der Waals surface area contributed by atoms with Crippen molar-refractivity contribution in [1.82, 2.24) is 14.4 Å². The van der Waals surface area contributed by atoms with Crippen LogP contribution in [0.3, 0.4) is 0 Å². The second-order valence-corrected chi connectivity index (χ2v) is 7.41. The van der Waals surface area contributed by atoms with Gasteiger partial charge in [-0.2, -0.15) is 0 Å². The van der Waals surface area contributed by atoms with E-state index in [1.807, 2.05) is 66.8 Å². The Labute approximate surface area is 173 Å². The summed E-state index contributed by atoms with van der Waals surface area (Å²) >= 11 is 6.08. The minimum Gasteiger partial charge on any atom is -0.486 e. The molecule has 2 aromatic carbocycles. The number of nitrogens with zero attached hydrogens (tertiary/aromatic N) is 3. The third-order valence-electron chi connectivity index (χ3n) is 4.83. The number of ether oxygens (including phenoxy) is 2. The molecule has 0 spiro atoms. The second-order valence-electron chi connectivity index (χ2n) is 6.97. The molecule has 146 valence electrons. The summed E-state index contributed by atoms with van der Waals surface area (Å²) in [7, 11) is 0. The maximum absolute atomic E-state index is 6.08. The van der Waals surface area contributed by atoms with Crippen LogP contribution in [-0.2, 0) is 0 Å². The van der Waals surface area contributed by atoms with Gasteiger partial charge in [0.25, 0.3) is 0 Å². The molecular formula is C22H19ClN4O2. The maximum atomic E-state index is 6.08. The average molecular weight is 407 g/mol. The van der Waals surface area contributed by atoms with E-state index in [-0.39, 0.29) is 0 Å². The number of hydrogen-bond acceptors (Lipinski definition) is 5. The first kappa shape index (κ1) is 17.8. The number of rotatable bonds is 3. The molecule has 1 N–H and O–H groups in total. The molecule has 6 nitrogen and oxygen atoms in total. The lowest BCUT2D eigenvalue weighted by molar-refractivity contribution is 0.171. The standard InChI is InChI=1S/C22H19ClN4O2/c1-13-11-14(2)27-21(25-17-7-8-18-19(12-17)29-10-9-28-18)20(26-22(27)24-13)15-3-5-16(23)6-4-15/h3-8,11-12,25H,9-10H2,1-2H3. The smallest absolute Gasteiger partial charge is 0.236 e. The molecule has 0 bridgehead atoms. The van der Waals surface area contributed by atoms with Crippen LogP contribution in [0.1, 0.15) is 11.4 Å². The summed E-state index contributed by atoms with van der Waals surface area (Å²) in [5, 5.41) is 4.20. The molecule has 1 aliphatic heterocycles. The number of imidazole rings is 1. The van der Waals surface area contributed by atoms with E-state index in [4.69, 9.17) is 26.1 Å². The van der Waals surface area contributed by atoms with E-state index in [9.17, 15) is 0 Å². The molecule has 0 unspecified atom stereocenters. The fourth-order valence-corrected chi connectivity index (χ4v) is 3.68. The summed E-state index contributed by atoms with van der Waals surface area (Å²) in [5.41, 5.74) is 4.61. The van der Waals surface area contributed by atoms with Gasteiger partial charge in [0.2, 0.25) is 5.78 Å². The van der Waals surface area contributed by atoms with Gasteiger partial charge in [-0.25, -0.2) is 9.97 Å². The first-order valence-corrected chi connectivity index (χ1v) is 9.75. The van der Waals surface area contributed by atoms with Gasteiger partial charge >= 0.3 is 0 Å². The van der Waals surface area contributed by atoms with Gasteiger partial charge in [-0.3, -0.25) is 4.40 Å². The monoisotopic (exact) mass is 406 g/mol. The van der Waals surface area contributed by atoms with Gasteiger partial charge in [-0.05, 0) is 44.2 Å². The van der Waals surface area contributed by atoms with Crippen LogP contribution in [0, 0.1) is 13.8 Å². The molecule has 0 atom stereocenters. The highest BCUT2D eigenvalue weighted by Crippen LogP contribution is 2.36. The van der Waals surface area contributed by atoms with E-state index < -0.39 is 0 Å². The Bertz CT molecular complexity index is 1220. The number of hydrogen-bond donors (Lipinski definition) is 1. The van der Waals surface area contributed by atoms with Crippen molar-refractivity contribution in [2.24, 2.45) is 0 Å². The molecule has 0 fully saturated rings. The highest BCUT2D eigenvalue weighted by molar-refractivity contribution is 6.30. The van der Waals surface area contributed by atoms with Gasteiger partial charge in [0.05, 0.1) is 0 Å². The van der Waals surface area contributed by atoms with Crippen LogP contribution in [0.2, 0.25) is 5.02 Å². The van der Waals surface area contributed by atoms with Crippen LogP contribution in [0.15, 0.2) is 48.5 Å². The molecule has 0 radical (unpaired) electrons. The van der Waals surface area contributed by atoms with Crippen LogP contribution in [0.5, 0.6) is 11.5 Å². The fraction of sp³-hybridized carbons (Fsp3) is 0.182. The lowest BCUT2D eigenvalue weighted by Crippen LogP contribution is -2.15. The van der Waals surface area contributed by atoms with Gasteiger partial charge in [-0.15, -0.1) is 0 Å². The Balaban J connectivity index is 1.66. The molecule has 3 heterocycles. The van der Waals surface area contributed by atoms with E-state index in [2.05, 4.69) is 10.3 Å². The molecule has 0 aliphatic carbocycles. The minimum atomic E-state index is 0.546. The quantitative estimate of drug-likeness (QED) is 0.508. The van der Waals surface area contributed by atoms with Crippen molar-refractivity contribution >= 4 is 28.9 Å². The van der Waals surface area contributed by atoms with Crippen molar-refractivity contribution in [1.29, 1.82) is 0 Å². The van der Waals surface area contributed by atoms with E-state index >= 15 is 0 Å². The first-order chi connectivity index (χ1) is 14.1. The molecule has 0 amide bonds. The third-order valence-corrected chi connectivity index (χ3v) is 5.08. The molecule has 0 saturated heterocycles. The van der Waals surface area contributed by atoms with Crippen LogP contribution in [-0.4, -0.2) is 27.6 Å². The molecule has 5 rings (SSSR count). The summed E-state index contributed by atoms with van der Waals surface area (Å²) in [5.74, 6) is 2.97. The Morgan fingerprint density at radius 2 is 1.69 bits per heavy atom. The Morgan fingerprint density at radius 1 is 0.931 bits per heavy atom. The largest absolute Gasteiger partial charge is 0.486 e. The van der Waals surface area contributed by atoms with Crippen molar-refractivity contribution in [2.45, 2.75) is 13.8 Å². The Kier molecular flexibility index (Phi) is 4.28. The fourth-order valence-electron chi connectivity index (χ4n) is 3.56. The predicted molar refractivity (Wildman–Crippen MR) is 114 cm³/mol. The number of nitrogens with one attached hydrogen (secondary N) is 1. The van der Waals surface area contributed by atoms with Crippen molar-refractivity contribution in [2.75, 3.05) is 18.5 Å². The summed E-state index contributed by atoms with van der Waals surface area (Å²) in [6.45, 7) is 5.13. The maximum Gasteiger partial charge on any atom is 0.236 e. The van der Waals surface area contributed by atoms with Gasteiger partial charge in [-0.1, -0.05) is 23.7 Å². The first-order valence-electron chi connectivity index (χ1n) is 9.38. The van der Waals surface area contributed by atoms with E-state index in [0.29, 0.717) is 24.0 Å². The molecule has 4 aromatic rings. The minimum absolute atomic E-state index is 0.546. The summed E-state index contributed by atoms with van der Waals surface area (Å²) in [6, 6.07) is 15.5. The molecule has 29 heavy (non-hydrogen) atoms. The number of halogens is 1. The number of fused-ring (bicyclic) bond motifs is 2. The zero-order chi connectivity index (χ0) is 20.0. The third kappa shape index (κ3) is 3.25. The number of benzene rings is 2. The Morgan fingerprint density at radius 3 is 2.48 bits per heavy atom. The predicted octanol–water partition coefficient (Wildman–Crippen LogP) is 5.18. The zero-order valence-corrected chi connectivity index (χ0v) is 16.8. The van der Waals surface area contributed by atoms with Crippen molar-refractivity contribution in [3.8, 4) is 22.8 Å².